The summed E-state index contributed by atoms with van der Waals surface area (Å²) < 4.78 is 0. The Morgan fingerprint density at radius 1 is 1.40 bits per heavy atom. The summed E-state index contributed by atoms with van der Waals surface area (Å²) in [4.78, 5) is 12.1. The molecule has 0 bridgehead atoms. The van der Waals surface area contributed by atoms with E-state index in [1.165, 1.54) is 6.92 Å². The number of hydrogen-bond donors (Lipinski definition) is 2. The zero-order chi connectivity index (χ0) is 11.5. The van der Waals surface area contributed by atoms with Gasteiger partial charge in [0, 0.05) is 4.90 Å². The predicted octanol–water partition coefficient (Wildman–Crippen LogP) is 1.74. The molecule has 0 aliphatic carbocycles. The number of carboxylic acid groups (broad SMARTS) is 1. The first kappa shape index (κ1) is 12.1. The fourth-order valence-corrected chi connectivity index (χ4v) is 1.65. The van der Waals surface area contributed by atoms with Crippen molar-refractivity contribution in [1.29, 1.82) is 0 Å². The molecule has 3 nitrogen and oxygen atoms in total. The molecule has 1 atom stereocenters. The fraction of sp³-hybridized carbons (Fsp3) is 0.364. The number of aliphatic hydroxyl groups is 1. The lowest BCUT2D eigenvalue weighted by atomic mass is 9.83. The van der Waals surface area contributed by atoms with Gasteiger partial charge in [-0.15, -0.1) is 11.8 Å². The summed E-state index contributed by atoms with van der Waals surface area (Å²) in [6, 6.07) is 7.21. The number of carboxylic acids is 1. The molecule has 4 heteroatoms. The van der Waals surface area contributed by atoms with Crippen LogP contribution in [0.2, 0.25) is 0 Å². The van der Waals surface area contributed by atoms with Crippen LogP contribution < -0.4 is 0 Å². The lowest BCUT2D eigenvalue weighted by Gasteiger charge is -2.22. The average molecular weight is 226 g/mol. The smallest absolute Gasteiger partial charge is 0.316 e. The van der Waals surface area contributed by atoms with Crippen molar-refractivity contribution in [3.8, 4) is 0 Å². The average Bonchev–Trinajstić information content (AvgIpc) is 2.28. The van der Waals surface area contributed by atoms with Crippen molar-refractivity contribution in [2.75, 3.05) is 12.9 Å². The fourth-order valence-electron chi connectivity index (χ4n) is 1.24. The van der Waals surface area contributed by atoms with Gasteiger partial charge in [-0.25, -0.2) is 0 Å². The van der Waals surface area contributed by atoms with Crippen molar-refractivity contribution in [1.82, 2.24) is 0 Å². The van der Waals surface area contributed by atoms with Crippen LogP contribution in [0.3, 0.4) is 0 Å². The van der Waals surface area contributed by atoms with E-state index < -0.39 is 18.0 Å². The van der Waals surface area contributed by atoms with Gasteiger partial charge in [-0.05, 0) is 30.9 Å². The Morgan fingerprint density at radius 2 is 1.93 bits per heavy atom. The van der Waals surface area contributed by atoms with Crippen molar-refractivity contribution in [2.24, 2.45) is 0 Å². The Morgan fingerprint density at radius 3 is 2.27 bits per heavy atom. The number of aliphatic carboxylic acids is 1. The summed E-state index contributed by atoms with van der Waals surface area (Å²) in [5, 5.41) is 18.2. The number of benzene rings is 1. The van der Waals surface area contributed by atoms with Crippen LogP contribution in [0.1, 0.15) is 12.5 Å². The molecule has 0 amide bonds. The number of hydrogen-bond acceptors (Lipinski definition) is 3. The Balaban J connectivity index is 3.08. The van der Waals surface area contributed by atoms with Crippen LogP contribution in [0.4, 0.5) is 0 Å². The highest BCUT2D eigenvalue weighted by molar-refractivity contribution is 7.98. The molecule has 0 aliphatic rings. The van der Waals surface area contributed by atoms with E-state index in [0.717, 1.165) is 4.90 Å². The maximum Gasteiger partial charge on any atom is 0.316 e. The second-order valence-electron chi connectivity index (χ2n) is 3.52. The maximum atomic E-state index is 11.0. The van der Waals surface area contributed by atoms with Crippen LogP contribution >= 0.6 is 11.8 Å². The van der Waals surface area contributed by atoms with Gasteiger partial charge in [0.25, 0.3) is 0 Å². The van der Waals surface area contributed by atoms with E-state index in [-0.39, 0.29) is 0 Å². The van der Waals surface area contributed by atoms with Gasteiger partial charge in [-0.3, -0.25) is 4.79 Å². The molecule has 0 heterocycles. The largest absolute Gasteiger partial charge is 0.481 e. The zero-order valence-corrected chi connectivity index (χ0v) is 9.54. The monoisotopic (exact) mass is 226 g/mol. The van der Waals surface area contributed by atoms with Crippen LogP contribution in [0.15, 0.2) is 29.2 Å². The minimum absolute atomic E-state index is 0.402. The van der Waals surface area contributed by atoms with Crippen LogP contribution in [0.25, 0.3) is 0 Å². The second kappa shape index (κ2) is 4.68. The summed E-state index contributed by atoms with van der Waals surface area (Å²) >= 11 is 1.59. The standard InChI is InChI=1S/C11H14O3S/c1-11(7-12,10(13)14)8-3-5-9(15-2)6-4-8/h3-6,12H,7H2,1-2H3,(H,13,14). The highest BCUT2D eigenvalue weighted by Crippen LogP contribution is 2.25. The zero-order valence-electron chi connectivity index (χ0n) is 8.73. The van der Waals surface area contributed by atoms with Crippen LogP contribution in [0, 0.1) is 0 Å². The molecule has 0 saturated heterocycles. The Labute approximate surface area is 93.1 Å². The highest BCUT2D eigenvalue weighted by atomic mass is 32.2. The topological polar surface area (TPSA) is 57.5 Å². The second-order valence-corrected chi connectivity index (χ2v) is 4.40. The molecule has 0 spiro atoms. The number of aliphatic hydroxyl groups excluding tert-OH is 1. The summed E-state index contributed by atoms with van der Waals surface area (Å²) in [5.41, 5.74) is -0.591. The molecule has 0 aromatic heterocycles. The normalized spacial score (nSPS) is 14.6. The molecule has 0 saturated carbocycles. The lowest BCUT2D eigenvalue weighted by molar-refractivity contribution is -0.144. The molecule has 15 heavy (non-hydrogen) atoms. The Kier molecular flexibility index (Phi) is 3.77. The molecule has 0 radical (unpaired) electrons. The molecular weight excluding hydrogens is 212 g/mol. The molecule has 1 rings (SSSR count). The van der Waals surface area contributed by atoms with Crippen molar-refractivity contribution in [2.45, 2.75) is 17.2 Å². The van der Waals surface area contributed by atoms with E-state index in [1.54, 1.807) is 23.9 Å². The van der Waals surface area contributed by atoms with Gasteiger partial charge in [0.1, 0.15) is 5.41 Å². The third-order valence-electron chi connectivity index (χ3n) is 2.52. The van der Waals surface area contributed by atoms with Crippen molar-refractivity contribution in [3.63, 3.8) is 0 Å². The number of rotatable bonds is 4. The van der Waals surface area contributed by atoms with Crippen LogP contribution in [-0.4, -0.2) is 29.0 Å². The molecule has 0 aliphatic heterocycles. The van der Waals surface area contributed by atoms with Crippen LogP contribution in [-0.2, 0) is 10.2 Å². The van der Waals surface area contributed by atoms with Gasteiger partial charge < -0.3 is 10.2 Å². The summed E-state index contributed by atoms with van der Waals surface area (Å²) in [5.74, 6) is -1.01. The molecule has 2 N–H and O–H groups in total. The molecule has 1 aromatic carbocycles. The summed E-state index contributed by atoms with van der Waals surface area (Å²) in [6.45, 7) is 1.12. The number of thioether (sulfide) groups is 1. The van der Waals surface area contributed by atoms with Gasteiger partial charge >= 0.3 is 5.97 Å². The lowest BCUT2D eigenvalue weighted by Crippen LogP contribution is -2.36. The maximum absolute atomic E-state index is 11.0. The quantitative estimate of drug-likeness (QED) is 0.768. The van der Waals surface area contributed by atoms with Gasteiger partial charge in [0.15, 0.2) is 0 Å². The van der Waals surface area contributed by atoms with Gasteiger partial charge in [-0.2, -0.15) is 0 Å². The highest BCUT2D eigenvalue weighted by Gasteiger charge is 2.34. The summed E-state index contributed by atoms with van der Waals surface area (Å²) in [7, 11) is 0. The van der Waals surface area contributed by atoms with Gasteiger partial charge in [0.05, 0.1) is 6.61 Å². The molecule has 1 unspecified atom stereocenters. The van der Waals surface area contributed by atoms with E-state index in [0.29, 0.717) is 5.56 Å². The minimum Gasteiger partial charge on any atom is -0.481 e. The van der Waals surface area contributed by atoms with E-state index in [1.807, 2.05) is 18.4 Å². The van der Waals surface area contributed by atoms with E-state index >= 15 is 0 Å². The minimum atomic E-state index is -1.21. The Bertz CT molecular complexity index is 347. The van der Waals surface area contributed by atoms with Crippen molar-refractivity contribution in [3.05, 3.63) is 29.8 Å². The van der Waals surface area contributed by atoms with E-state index in [4.69, 9.17) is 10.2 Å². The molecule has 1 aromatic rings. The molecule has 82 valence electrons. The van der Waals surface area contributed by atoms with Crippen molar-refractivity contribution < 1.29 is 15.0 Å². The summed E-state index contributed by atoms with van der Waals surface area (Å²) in [6.07, 6.45) is 1.96. The first-order valence-corrected chi connectivity index (χ1v) is 5.76. The SMILES string of the molecule is CSc1ccc(C(C)(CO)C(=O)O)cc1. The van der Waals surface area contributed by atoms with E-state index in [2.05, 4.69) is 0 Å². The third-order valence-corrected chi connectivity index (χ3v) is 3.26. The van der Waals surface area contributed by atoms with E-state index in [9.17, 15) is 4.79 Å². The van der Waals surface area contributed by atoms with Crippen molar-refractivity contribution >= 4 is 17.7 Å². The molecule has 0 fully saturated rings. The first-order valence-electron chi connectivity index (χ1n) is 4.53. The Hall–Kier alpha value is -1.00. The predicted molar refractivity (Wildman–Crippen MR) is 60.3 cm³/mol. The third kappa shape index (κ3) is 2.33. The van der Waals surface area contributed by atoms with Crippen LogP contribution in [0.5, 0.6) is 0 Å². The number of carbonyl (C=O) groups is 1. The molecular formula is C11H14O3S. The first-order chi connectivity index (χ1) is 7.04. The van der Waals surface area contributed by atoms with Gasteiger partial charge in [-0.1, -0.05) is 12.1 Å². The van der Waals surface area contributed by atoms with Gasteiger partial charge in [0.2, 0.25) is 0 Å².